The number of nitrogen functional groups attached to an aromatic ring is 1. The first-order valence-electron chi connectivity index (χ1n) is 6.25. The van der Waals surface area contributed by atoms with Gasteiger partial charge < -0.3 is 10.3 Å². The van der Waals surface area contributed by atoms with Crippen LogP contribution in [0.1, 0.15) is 10.4 Å². The third-order valence-corrected chi connectivity index (χ3v) is 5.01. The molecule has 0 aliphatic heterocycles. The SMILES string of the molecule is Cc1cc(-c2onc(N)c2-c2ccc(Cl)cc2Cl)sc1C. The second kappa shape index (κ2) is 5.37. The summed E-state index contributed by atoms with van der Waals surface area (Å²) in [6.07, 6.45) is 0. The fraction of sp³-hybridized carbons (Fsp3) is 0.133. The van der Waals surface area contributed by atoms with Gasteiger partial charge in [-0.2, -0.15) is 0 Å². The molecule has 0 amide bonds. The fourth-order valence-electron chi connectivity index (χ4n) is 2.11. The van der Waals surface area contributed by atoms with Crippen LogP contribution >= 0.6 is 34.5 Å². The molecule has 0 radical (unpaired) electrons. The molecule has 3 rings (SSSR count). The van der Waals surface area contributed by atoms with Crippen molar-refractivity contribution in [3.05, 3.63) is 44.8 Å². The zero-order valence-electron chi connectivity index (χ0n) is 11.4. The van der Waals surface area contributed by atoms with E-state index in [0.717, 1.165) is 10.4 Å². The van der Waals surface area contributed by atoms with E-state index in [-0.39, 0.29) is 0 Å². The molecular weight excluding hydrogens is 327 g/mol. The van der Waals surface area contributed by atoms with Gasteiger partial charge in [0.2, 0.25) is 0 Å². The van der Waals surface area contributed by atoms with E-state index in [0.29, 0.717) is 27.2 Å². The zero-order valence-corrected chi connectivity index (χ0v) is 13.7. The summed E-state index contributed by atoms with van der Waals surface area (Å²) >= 11 is 13.9. The second-order valence-electron chi connectivity index (χ2n) is 4.75. The standard InChI is InChI=1S/C15H12Cl2N2OS/c1-7-5-12(21-8(7)2)14-13(15(18)19-20-14)10-4-3-9(16)6-11(10)17/h3-6H,1-2H3,(H2,18,19). The van der Waals surface area contributed by atoms with Crippen LogP contribution in [0.25, 0.3) is 21.8 Å². The molecule has 2 heterocycles. The molecule has 1 aromatic carbocycles. The van der Waals surface area contributed by atoms with Crippen molar-refractivity contribution in [2.45, 2.75) is 13.8 Å². The minimum atomic E-state index is 0.318. The highest BCUT2D eigenvalue weighted by Crippen LogP contribution is 2.43. The summed E-state index contributed by atoms with van der Waals surface area (Å²) < 4.78 is 5.43. The molecule has 0 bridgehead atoms. The predicted molar refractivity (Wildman–Crippen MR) is 89.2 cm³/mol. The highest BCUT2D eigenvalue weighted by atomic mass is 35.5. The van der Waals surface area contributed by atoms with E-state index in [9.17, 15) is 0 Å². The van der Waals surface area contributed by atoms with E-state index in [1.54, 1.807) is 23.5 Å². The minimum Gasteiger partial charge on any atom is -0.380 e. The summed E-state index contributed by atoms with van der Waals surface area (Å²) in [4.78, 5) is 2.21. The van der Waals surface area contributed by atoms with Crippen molar-refractivity contribution in [2.75, 3.05) is 5.73 Å². The number of hydrogen-bond donors (Lipinski definition) is 1. The van der Waals surface area contributed by atoms with Gasteiger partial charge in [0.1, 0.15) is 0 Å². The van der Waals surface area contributed by atoms with Crippen LogP contribution < -0.4 is 5.73 Å². The summed E-state index contributed by atoms with van der Waals surface area (Å²) in [5.41, 5.74) is 8.65. The van der Waals surface area contributed by atoms with Gasteiger partial charge in [0.05, 0.1) is 15.5 Å². The Balaban J connectivity index is 2.21. The van der Waals surface area contributed by atoms with Gasteiger partial charge in [0, 0.05) is 15.5 Å². The van der Waals surface area contributed by atoms with E-state index in [1.165, 1.54) is 10.4 Å². The van der Waals surface area contributed by atoms with Crippen LogP contribution in [0.4, 0.5) is 5.82 Å². The monoisotopic (exact) mass is 338 g/mol. The van der Waals surface area contributed by atoms with Gasteiger partial charge in [-0.1, -0.05) is 34.4 Å². The molecule has 21 heavy (non-hydrogen) atoms. The van der Waals surface area contributed by atoms with Crippen LogP contribution in [0, 0.1) is 13.8 Å². The quantitative estimate of drug-likeness (QED) is 0.663. The van der Waals surface area contributed by atoms with E-state index in [4.69, 9.17) is 33.5 Å². The lowest BCUT2D eigenvalue weighted by atomic mass is 10.0. The molecule has 0 unspecified atom stereocenters. The summed E-state index contributed by atoms with van der Waals surface area (Å²) in [6, 6.07) is 7.33. The molecule has 108 valence electrons. The maximum absolute atomic E-state index is 6.28. The predicted octanol–water partition coefficient (Wildman–Crippen LogP) is 5.58. The summed E-state index contributed by atoms with van der Waals surface area (Å²) in [5.74, 6) is 0.954. The van der Waals surface area contributed by atoms with Crippen molar-refractivity contribution < 1.29 is 4.52 Å². The molecule has 0 saturated heterocycles. The normalized spacial score (nSPS) is 11.0. The molecule has 3 aromatic rings. The van der Waals surface area contributed by atoms with Gasteiger partial charge in [-0.15, -0.1) is 11.3 Å². The second-order valence-corrected chi connectivity index (χ2v) is 6.85. The van der Waals surface area contributed by atoms with Crippen LogP contribution in [0.15, 0.2) is 28.8 Å². The van der Waals surface area contributed by atoms with Gasteiger partial charge in [-0.05, 0) is 37.6 Å². The molecule has 0 saturated carbocycles. The molecule has 0 spiro atoms. The third-order valence-electron chi connectivity index (χ3n) is 3.31. The first-order valence-corrected chi connectivity index (χ1v) is 7.82. The maximum Gasteiger partial charge on any atom is 0.186 e. The molecule has 2 aromatic heterocycles. The van der Waals surface area contributed by atoms with Crippen molar-refractivity contribution in [3.8, 4) is 21.8 Å². The van der Waals surface area contributed by atoms with Crippen LogP contribution in [0.2, 0.25) is 10.0 Å². The Morgan fingerprint density at radius 1 is 1.19 bits per heavy atom. The fourth-order valence-corrected chi connectivity index (χ4v) is 3.63. The number of nitrogens with two attached hydrogens (primary N) is 1. The van der Waals surface area contributed by atoms with Crippen LogP contribution in [0.5, 0.6) is 0 Å². The number of hydrogen-bond acceptors (Lipinski definition) is 4. The van der Waals surface area contributed by atoms with Gasteiger partial charge in [0.25, 0.3) is 0 Å². The first-order chi connectivity index (χ1) is 9.97. The average molecular weight is 339 g/mol. The molecule has 0 fully saturated rings. The maximum atomic E-state index is 6.28. The van der Waals surface area contributed by atoms with Crippen molar-refractivity contribution in [1.82, 2.24) is 5.16 Å². The Kier molecular flexibility index (Phi) is 3.69. The Hall–Kier alpha value is -1.49. The number of aryl methyl sites for hydroxylation is 2. The summed E-state index contributed by atoms with van der Waals surface area (Å²) in [7, 11) is 0. The molecule has 6 heteroatoms. The Morgan fingerprint density at radius 2 is 1.95 bits per heavy atom. The number of nitrogens with zero attached hydrogens (tertiary/aromatic N) is 1. The van der Waals surface area contributed by atoms with Crippen molar-refractivity contribution in [3.63, 3.8) is 0 Å². The lowest BCUT2D eigenvalue weighted by Crippen LogP contribution is -1.89. The van der Waals surface area contributed by atoms with Gasteiger partial charge in [0.15, 0.2) is 11.6 Å². The highest BCUT2D eigenvalue weighted by molar-refractivity contribution is 7.15. The number of rotatable bonds is 2. The Morgan fingerprint density at radius 3 is 2.57 bits per heavy atom. The molecule has 0 aliphatic carbocycles. The average Bonchev–Trinajstić information content (AvgIpc) is 2.94. The lowest BCUT2D eigenvalue weighted by Gasteiger charge is -2.04. The number of anilines is 1. The van der Waals surface area contributed by atoms with E-state index < -0.39 is 0 Å². The van der Waals surface area contributed by atoms with Crippen LogP contribution in [-0.2, 0) is 0 Å². The van der Waals surface area contributed by atoms with Gasteiger partial charge >= 0.3 is 0 Å². The summed E-state index contributed by atoms with van der Waals surface area (Å²) in [6.45, 7) is 4.13. The van der Waals surface area contributed by atoms with Gasteiger partial charge in [-0.25, -0.2) is 0 Å². The van der Waals surface area contributed by atoms with Crippen LogP contribution in [0.3, 0.4) is 0 Å². The minimum absolute atomic E-state index is 0.318. The molecule has 2 N–H and O–H groups in total. The topological polar surface area (TPSA) is 52.0 Å². The van der Waals surface area contributed by atoms with Crippen LogP contribution in [-0.4, -0.2) is 5.16 Å². The molecular formula is C15H12Cl2N2OS. The summed E-state index contributed by atoms with van der Waals surface area (Å²) in [5, 5.41) is 4.98. The lowest BCUT2D eigenvalue weighted by molar-refractivity contribution is 0.437. The van der Waals surface area contributed by atoms with Crippen molar-refractivity contribution >= 4 is 40.4 Å². The number of benzene rings is 1. The largest absolute Gasteiger partial charge is 0.380 e. The molecule has 0 aliphatic rings. The number of halogens is 2. The Labute approximate surface area is 136 Å². The van der Waals surface area contributed by atoms with E-state index in [2.05, 4.69) is 25.1 Å². The third kappa shape index (κ3) is 2.55. The number of thiophene rings is 1. The molecule has 3 nitrogen and oxygen atoms in total. The zero-order chi connectivity index (χ0) is 15.1. The molecule has 0 atom stereocenters. The smallest absolute Gasteiger partial charge is 0.186 e. The van der Waals surface area contributed by atoms with Crippen molar-refractivity contribution in [1.29, 1.82) is 0 Å². The highest BCUT2D eigenvalue weighted by Gasteiger charge is 2.21. The number of aromatic nitrogens is 1. The van der Waals surface area contributed by atoms with E-state index in [1.807, 2.05) is 6.07 Å². The van der Waals surface area contributed by atoms with Gasteiger partial charge in [-0.3, -0.25) is 0 Å². The Bertz CT molecular complexity index is 804. The van der Waals surface area contributed by atoms with E-state index >= 15 is 0 Å². The first kappa shape index (κ1) is 14.4. The van der Waals surface area contributed by atoms with Crippen molar-refractivity contribution in [2.24, 2.45) is 0 Å².